The molecule has 0 heterocycles. The van der Waals surface area contributed by atoms with E-state index in [2.05, 4.69) is 0 Å². The van der Waals surface area contributed by atoms with Crippen LogP contribution < -0.4 is 0 Å². The lowest BCUT2D eigenvalue weighted by Crippen LogP contribution is -2.27. The van der Waals surface area contributed by atoms with E-state index in [-0.39, 0.29) is 31.8 Å². The predicted molar refractivity (Wildman–Crippen MR) is 91.3 cm³/mol. The van der Waals surface area contributed by atoms with E-state index in [0.717, 1.165) is 0 Å². The molecule has 0 radical (unpaired) electrons. The van der Waals surface area contributed by atoms with Crippen molar-refractivity contribution in [3.63, 3.8) is 0 Å². The lowest BCUT2D eigenvalue weighted by atomic mass is 10.1. The summed E-state index contributed by atoms with van der Waals surface area (Å²) in [6.07, 6.45) is -0.546. The van der Waals surface area contributed by atoms with Gasteiger partial charge in [0.15, 0.2) is 0 Å². The molecule has 0 bridgehead atoms. The number of esters is 1. The lowest BCUT2D eigenvalue weighted by molar-refractivity contribution is 0.0430. The van der Waals surface area contributed by atoms with E-state index in [9.17, 15) is 13.8 Å². The summed E-state index contributed by atoms with van der Waals surface area (Å²) < 4.78 is 42.2. The minimum absolute atomic E-state index is 0.140. The fourth-order valence-electron chi connectivity index (χ4n) is 2.13. The highest BCUT2D eigenvalue weighted by Gasteiger charge is 2.36. The van der Waals surface area contributed by atoms with E-state index in [1.165, 1.54) is 31.2 Å². The number of carbonyl (C=O) groups excluding carboxylic acids is 1. The molecule has 6 nitrogen and oxygen atoms in total. The fraction of sp³-hybridized carbons (Fsp3) is 0.529. The molecule has 1 aromatic carbocycles. The molecule has 0 amide bonds. The summed E-state index contributed by atoms with van der Waals surface area (Å²) >= 11 is 0. The standard InChI is InChI=1S/C17H23FNO5P/c1-4-23-25(21,24-5-2)13-17(3,18)10-11-22-16(20)15-8-6-14(12-19)7-9-15/h6-9H,4-5,10-11,13H2,1-3H3. The number of hydrogen-bond acceptors (Lipinski definition) is 6. The van der Waals surface area contributed by atoms with Crippen molar-refractivity contribution in [2.24, 2.45) is 0 Å². The molecule has 0 aliphatic rings. The maximum atomic E-state index is 14.6. The molecule has 1 atom stereocenters. The number of halogens is 1. The van der Waals surface area contributed by atoms with Crippen molar-refractivity contribution in [3.8, 4) is 6.07 Å². The third kappa shape index (κ3) is 7.35. The van der Waals surface area contributed by atoms with Gasteiger partial charge in [0.05, 0.1) is 43.2 Å². The zero-order valence-electron chi connectivity index (χ0n) is 14.7. The normalized spacial score (nSPS) is 13.7. The second kappa shape index (κ2) is 9.67. The van der Waals surface area contributed by atoms with Gasteiger partial charge in [-0.05, 0) is 45.0 Å². The largest absolute Gasteiger partial charge is 0.462 e. The molecule has 1 aromatic rings. The average Bonchev–Trinajstić information content (AvgIpc) is 2.54. The molecule has 25 heavy (non-hydrogen) atoms. The van der Waals surface area contributed by atoms with Gasteiger partial charge >= 0.3 is 13.6 Å². The third-order valence-corrected chi connectivity index (χ3v) is 5.63. The smallest absolute Gasteiger partial charge is 0.338 e. The van der Waals surface area contributed by atoms with Crippen LogP contribution in [0.2, 0.25) is 0 Å². The van der Waals surface area contributed by atoms with Gasteiger partial charge in [-0.3, -0.25) is 4.57 Å². The van der Waals surface area contributed by atoms with Gasteiger partial charge in [0.25, 0.3) is 0 Å². The molecule has 0 saturated heterocycles. The van der Waals surface area contributed by atoms with Gasteiger partial charge in [0, 0.05) is 6.42 Å². The number of nitrogens with zero attached hydrogens (tertiary/aromatic N) is 1. The van der Waals surface area contributed by atoms with Crippen LogP contribution in [0.3, 0.4) is 0 Å². The Kier molecular flexibility index (Phi) is 8.24. The molecular formula is C17H23FNO5P. The van der Waals surface area contributed by atoms with Crippen LogP contribution in [-0.2, 0) is 18.3 Å². The van der Waals surface area contributed by atoms with E-state index in [1.807, 2.05) is 6.07 Å². The van der Waals surface area contributed by atoms with Crippen molar-refractivity contribution in [1.82, 2.24) is 0 Å². The van der Waals surface area contributed by atoms with Crippen LogP contribution in [0, 0.1) is 11.3 Å². The van der Waals surface area contributed by atoms with Gasteiger partial charge in [0.2, 0.25) is 0 Å². The zero-order valence-corrected chi connectivity index (χ0v) is 15.6. The van der Waals surface area contributed by atoms with Crippen molar-refractivity contribution in [1.29, 1.82) is 5.26 Å². The quantitative estimate of drug-likeness (QED) is 0.455. The van der Waals surface area contributed by atoms with E-state index in [0.29, 0.717) is 5.56 Å². The number of alkyl halides is 1. The topological polar surface area (TPSA) is 85.6 Å². The van der Waals surface area contributed by atoms with Crippen LogP contribution in [0.1, 0.15) is 43.1 Å². The number of rotatable bonds is 10. The second-order valence-electron chi connectivity index (χ2n) is 5.59. The molecule has 0 fully saturated rings. The molecule has 0 aliphatic heterocycles. The first-order chi connectivity index (χ1) is 11.7. The Hall–Kier alpha value is -1.74. The molecule has 0 aromatic heterocycles. The fourth-order valence-corrected chi connectivity index (χ4v) is 4.14. The first-order valence-corrected chi connectivity index (χ1v) is 9.72. The highest BCUT2D eigenvalue weighted by Crippen LogP contribution is 2.51. The van der Waals surface area contributed by atoms with Crippen LogP contribution in [0.4, 0.5) is 4.39 Å². The Morgan fingerprint density at radius 2 is 1.80 bits per heavy atom. The first kappa shape index (κ1) is 21.3. The van der Waals surface area contributed by atoms with Crippen molar-refractivity contribution in [3.05, 3.63) is 35.4 Å². The number of carbonyl (C=O) groups is 1. The number of benzene rings is 1. The van der Waals surface area contributed by atoms with Crippen molar-refractivity contribution in [2.75, 3.05) is 26.0 Å². The summed E-state index contributed by atoms with van der Waals surface area (Å²) in [5.74, 6) is -0.613. The zero-order chi connectivity index (χ0) is 18.9. The molecule has 0 N–H and O–H groups in total. The van der Waals surface area contributed by atoms with Gasteiger partial charge in [-0.1, -0.05) is 0 Å². The van der Waals surface area contributed by atoms with Gasteiger partial charge < -0.3 is 13.8 Å². The summed E-state index contributed by atoms with van der Waals surface area (Å²) in [6.45, 7) is 4.71. The van der Waals surface area contributed by atoms with Crippen LogP contribution >= 0.6 is 7.60 Å². The highest BCUT2D eigenvalue weighted by atomic mass is 31.2. The van der Waals surface area contributed by atoms with Gasteiger partial charge in [-0.25, -0.2) is 9.18 Å². The Morgan fingerprint density at radius 1 is 1.24 bits per heavy atom. The van der Waals surface area contributed by atoms with Gasteiger partial charge in [-0.15, -0.1) is 0 Å². The summed E-state index contributed by atoms with van der Waals surface area (Å²) in [7, 11) is -3.52. The SMILES string of the molecule is CCOP(=O)(CC(C)(F)CCOC(=O)c1ccc(C#N)cc1)OCC. The molecule has 1 unspecified atom stereocenters. The lowest BCUT2D eigenvalue weighted by Gasteiger charge is -2.25. The Morgan fingerprint density at radius 3 is 2.28 bits per heavy atom. The van der Waals surface area contributed by atoms with Gasteiger partial charge in [0.1, 0.15) is 5.67 Å². The van der Waals surface area contributed by atoms with E-state index < -0.39 is 25.4 Å². The number of ether oxygens (including phenoxy) is 1. The van der Waals surface area contributed by atoms with E-state index >= 15 is 0 Å². The maximum absolute atomic E-state index is 14.6. The molecule has 0 aliphatic carbocycles. The predicted octanol–water partition coefficient (Wildman–Crippen LogP) is 4.10. The van der Waals surface area contributed by atoms with E-state index in [4.69, 9.17) is 19.0 Å². The summed E-state index contributed by atoms with van der Waals surface area (Å²) in [5, 5.41) is 8.72. The summed E-state index contributed by atoms with van der Waals surface area (Å²) in [4.78, 5) is 11.9. The molecule has 8 heteroatoms. The monoisotopic (exact) mass is 371 g/mol. The Bertz CT molecular complexity index is 644. The Labute approximate surface area is 147 Å². The average molecular weight is 371 g/mol. The van der Waals surface area contributed by atoms with Crippen molar-refractivity contribution in [2.45, 2.75) is 32.9 Å². The molecule has 138 valence electrons. The summed E-state index contributed by atoms with van der Waals surface area (Å²) in [5.41, 5.74) is -1.17. The number of nitriles is 1. The third-order valence-electron chi connectivity index (χ3n) is 3.28. The molecular weight excluding hydrogens is 348 g/mol. The summed E-state index contributed by atoms with van der Waals surface area (Å²) in [6, 6.07) is 7.87. The van der Waals surface area contributed by atoms with Gasteiger partial charge in [-0.2, -0.15) is 5.26 Å². The Balaban J connectivity index is 2.56. The molecule has 1 rings (SSSR count). The maximum Gasteiger partial charge on any atom is 0.338 e. The minimum atomic E-state index is -3.52. The first-order valence-electron chi connectivity index (χ1n) is 7.99. The molecule has 0 saturated carbocycles. The van der Waals surface area contributed by atoms with Crippen LogP contribution in [0.15, 0.2) is 24.3 Å². The van der Waals surface area contributed by atoms with Crippen molar-refractivity contribution < 1.29 is 27.5 Å². The van der Waals surface area contributed by atoms with Crippen LogP contribution in [0.5, 0.6) is 0 Å². The highest BCUT2D eigenvalue weighted by molar-refractivity contribution is 7.53. The van der Waals surface area contributed by atoms with Crippen LogP contribution in [-0.4, -0.2) is 37.6 Å². The van der Waals surface area contributed by atoms with E-state index in [1.54, 1.807) is 13.8 Å². The minimum Gasteiger partial charge on any atom is -0.462 e. The molecule has 0 spiro atoms. The number of hydrogen-bond donors (Lipinski definition) is 0. The second-order valence-corrected chi connectivity index (χ2v) is 7.65. The van der Waals surface area contributed by atoms with Crippen LogP contribution in [0.25, 0.3) is 0 Å². The van der Waals surface area contributed by atoms with Crippen molar-refractivity contribution >= 4 is 13.6 Å².